The van der Waals surface area contributed by atoms with Crippen molar-refractivity contribution < 1.29 is 57.1 Å². The molecule has 0 bridgehead atoms. The van der Waals surface area contributed by atoms with Gasteiger partial charge in [0.15, 0.2) is 12.6 Å². The van der Waals surface area contributed by atoms with Crippen molar-refractivity contribution in [3.63, 3.8) is 0 Å². The Kier molecular flexibility index (Phi) is 65.0. The average Bonchev–Trinajstić information content (AvgIpc) is 0.713. The molecule has 2 heterocycles. The lowest BCUT2D eigenvalue weighted by molar-refractivity contribution is -0.163. The molecule has 0 N–H and O–H groups in total. The highest BCUT2D eigenvalue weighted by Crippen LogP contribution is 2.47. The number of carbonyl (C=O) groups excluding carboxylic acids is 4. The van der Waals surface area contributed by atoms with Gasteiger partial charge in [-0.25, -0.2) is 0 Å². The number of hydrogen-bond acceptors (Lipinski definition) is 12. The number of carbonyl (C=O) groups is 4. The molecular weight excluding hydrogens is 1760 g/mol. The summed E-state index contributed by atoms with van der Waals surface area (Å²) < 4.78 is 52.0. The molecule has 16 nitrogen and oxygen atoms in total. The number of ether oxygens (including phenoxy) is 8. The number of anilines is 4. The van der Waals surface area contributed by atoms with E-state index in [2.05, 4.69) is 52.0 Å². The van der Waals surface area contributed by atoms with Gasteiger partial charge in [0.25, 0.3) is 23.6 Å². The molecule has 0 unspecified atom stereocenters. The summed E-state index contributed by atoms with van der Waals surface area (Å²) in [7, 11) is 6.56. The van der Waals surface area contributed by atoms with Gasteiger partial charge in [-0.3, -0.25) is 38.8 Å². The third-order valence-corrected chi connectivity index (χ3v) is 30.4. The number of hydrogen-bond donors (Lipinski definition) is 0. The van der Waals surface area contributed by atoms with Crippen molar-refractivity contribution in [3.8, 4) is 23.0 Å². The molecule has 5 aromatic carbocycles. The summed E-state index contributed by atoms with van der Waals surface area (Å²) in [6, 6.07) is 36.6. The Balaban J connectivity index is 1.28. The van der Waals surface area contributed by atoms with Gasteiger partial charge in [0.05, 0.1) is 28.4 Å². The van der Waals surface area contributed by atoms with Crippen LogP contribution in [-0.4, -0.2) is 114 Å². The van der Waals surface area contributed by atoms with E-state index in [0.717, 1.165) is 88.2 Å². The lowest BCUT2D eigenvalue weighted by Gasteiger charge is -2.54. The zero-order valence-corrected chi connectivity index (χ0v) is 92.6. The molecule has 4 amide bonds. The van der Waals surface area contributed by atoms with Crippen LogP contribution in [0.3, 0.4) is 0 Å². The number of unbranched alkanes of at least 4 members (excludes halogenated alkanes) is 60. The van der Waals surface area contributed by atoms with Crippen LogP contribution >= 0.6 is 0 Å². The zero-order chi connectivity index (χ0) is 102. The Morgan fingerprint density at radius 1 is 0.232 bits per heavy atom. The first-order chi connectivity index (χ1) is 69.6. The Morgan fingerprint density at radius 3 is 0.570 bits per heavy atom. The monoisotopic (exact) mass is 1970 g/mol. The van der Waals surface area contributed by atoms with E-state index >= 15 is 19.2 Å². The normalized spacial score (nSPS) is 16.4. The molecule has 142 heavy (non-hydrogen) atoms. The summed E-state index contributed by atoms with van der Waals surface area (Å²) in [5.41, 5.74) is 0.428. The summed E-state index contributed by atoms with van der Waals surface area (Å²) >= 11 is 0. The molecule has 2 saturated heterocycles. The highest BCUT2D eigenvalue weighted by atomic mass is 16.7. The molecule has 0 spiro atoms. The molecule has 0 saturated carbocycles. The van der Waals surface area contributed by atoms with Gasteiger partial charge in [-0.15, -0.1) is 0 Å². The fraction of sp³-hybridized carbons (Fsp3) is 0.730. The standard InChI is InChI=1S/C126H206N4O12/c1-13-17-21-25-29-33-37-41-45-49-53-57-61-65-69-73-97-139-117(140-98-74-70-66-62-58-54-50-46-42-38-34-30-26-22-18-14-2)103-125(123(133)127(109-81-89-113(135-9)90-82-109)119(105(5)6)121(131)129(125)111-85-93-115(137-11)94-86-111)101-107-77-79-108(80-78-107)102-126(124(134)128(110-83-91-114(136-10)92-84-110)120(106(7)8)122(132)130(126)112-87-95-116(138-12)96-88-112)104-118(141-99-75-71-67-63-59-55-51-47-43-39-35-31-27-23-19-15-3)142-100-76-72-68-64-60-56-52-48-44-40-36-32-28-24-20-16-4/h77-96,105-106,117-120H,13-76,97-104H2,1-12H3/t119-,120-,125-,126-/m1/s1. The first kappa shape index (κ1) is 122. The van der Waals surface area contributed by atoms with Crippen molar-refractivity contribution in [2.75, 3.05) is 74.5 Å². The maximum absolute atomic E-state index is 17.5. The fourth-order valence-electron chi connectivity index (χ4n) is 21.8. The van der Waals surface area contributed by atoms with Crippen LogP contribution in [-0.2, 0) is 51.0 Å². The molecule has 5 aromatic rings. The molecule has 802 valence electrons. The van der Waals surface area contributed by atoms with Crippen LogP contribution < -0.4 is 38.5 Å². The predicted molar refractivity (Wildman–Crippen MR) is 597 cm³/mol. The second-order valence-corrected chi connectivity index (χ2v) is 43.1. The predicted octanol–water partition coefficient (Wildman–Crippen LogP) is 35.0. The van der Waals surface area contributed by atoms with E-state index in [1.807, 2.05) is 125 Å². The summed E-state index contributed by atoms with van der Waals surface area (Å²) in [6.45, 7) is 18.9. The highest BCUT2D eigenvalue weighted by Gasteiger charge is 2.61. The van der Waals surface area contributed by atoms with Crippen LogP contribution in [0.2, 0.25) is 0 Å². The van der Waals surface area contributed by atoms with Gasteiger partial charge in [-0.05, 0) is 146 Å². The van der Waals surface area contributed by atoms with Crippen LogP contribution in [0.4, 0.5) is 22.7 Å². The van der Waals surface area contributed by atoms with Crippen molar-refractivity contribution in [2.24, 2.45) is 11.8 Å². The third kappa shape index (κ3) is 45.0. The largest absolute Gasteiger partial charge is 0.497 e. The summed E-state index contributed by atoms with van der Waals surface area (Å²) in [6.07, 6.45) is 78.8. The Hall–Kier alpha value is -6.98. The summed E-state index contributed by atoms with van der Waals surface area (Å²) in [5.74, 6) is 0.860. The topological polar surface area (TPSA) is 155 Å². The van der Waals surface area contributed by atoms with Gasteiger partial charge in [-0.2, -0.15) is 0 Å². The number of nitrogens with zero attached hydrogens (tertiary/aromatic N) is 4. The van der Waals surface area contributed by atoms with E-state index in [4.69, 9.17) is 37.9 Å². The van der Waals surface area contributed by atoms with Gasteiger partial charge in [0.2, 0.25) is 0 Å². The van der Waals surface area contributed by atoms with Crippen LogP contribution in [0, 0.1) is 11.8 Å². The first-order valence-corrected chi connectivity index (χ1v) is 59.0. The van der Waals surface area contributed by atoms with Gasteiger partial charge in [0, 0.05) is 74.9 Å². The molecular formula is C126H206N4O12. The molecule has 2 fully saturated rings. The van der Waals surface area contributed by atoms with Crippen LogP contribution in [0.1, 0.15) is 490 Å². The van der Waals surface area contributed by atoms with E-state index in [-0.39, 0.29) is 61.1 Å². The minimum atomic E-state index is -1.68. The Labute approximate surface area is 867 Å². The van der Waals surface area contributed by atoms with Crippen LogP contribution in [0.15, 0.2) is 121 Å². The Bertz CT molecular complexity index is 3640. The zero-order valence-electron chi connectivity index (χ0n) is 92.6. The van der Waals surface area contributed by atoms with Crippen molar-refractivity contribution in [2.45, 2.75) is 528 Å². The van der Waals surface area contributed by atoms with Crippen LogP contribution in [0.25, 0.3) is 0 Å². The van der Waals surface area contributed by atoms with Crippen molar-refractivity contribution in [1.29, 1.82) is 0 Å². The molecule has 2 aliphatic rings. The third-order valence-electron chi connectivity index (χ3n) is 30.4. The lowest BCUT2D eigenvalue weighted by Crippen LogP contribution is -2.75. The maximum Gasteiger partial charge on any atom is 0.254 e. The van der Waals surface area contributed by atoms with Crippen molar-refractivity contribution in [3.05, 3.63) is 132 Å². The van der Waals surface area contributed by atoms with Crippen molar-refractivity contribution >= 4 is 46.4 Å². The number of methoxy groups -OCH3 is 4. The summed E-state index contributed by atoms with van der Waals surface area (Å²) in [5, 5.41) is 0. The lowest BCUT2D eigenvalue weighted by atomic mass is 9.77. The summed E-state index contributed by atoms with van der Waals surface area (Å²) in [4.78, 5) is 75.7. The maximum atomic E-state index is 17.5. The van der Waals surface area contributed by atoms with Crippen molar-refractivity contribution in [1.82, 2.24) is 0 Å². The van der Waals surface area contributed by atoms with Gasteiger partial charge >= 0.3 is 0 Å². The second-order valence-electron chi connectivity index (χ2n) is 43.1. The minimum absolute atomic E-state index is 0.00949. The number of piperazine rings is 2. The molecule has 0 aliphatic carbocycles. The van der Waals surface area contributed by atoms with E-state index in [1.54, 1.807) is 48.0 Å². The van der Waals surface area contributed by atoms with E-state index in [1.165, 1.54) is 334 Å². The highest BCUT2D eigenvalue weighted by molar-refractivity contribution is 6.20. The second kappa shape index (κ2) is 75.7. The van der Waals surface area contributed by atoms with Gasteiger partial charge in [0.1, 0.15) is 46.2 Å². The molecule has 2 aliphatic heterocycles. The van der Waals surface area contributed by atoms with Gasteiger partial charge in [-0.1, -0.05) is 465 Å². The molecule has 7 rings (SSSR count). The molecule has 16 heteroatoms. The fourth-order valence-corrected chi connectivity index (χ4v) is 21.8. The average molecular weight is 1970 g/mol. The minimum Gasteiger partial charge on any atom is -0.497 e. The number of benzene rings is 5. The Morgan fingerprint density at radius 2 is 0.401 bits per heavy atom. The quantitative estimate of drug-likeness (QED) is 0.0269. The van der Waals surface area contributed by atoms with E-state index < -0.39 is 35.7 Å². The molecule has 4 atom stereocenters. The first-order valence-electron chi connectivity index (χ1n) is 59.0. The number of rotatable bonds is 90. The SMILES string of the molecule is CCCCCCCCCCCCCCCCCCOC(C[C@]1(Cc2ccc(C[C@@]3(CC(OCCCCCCCCCCCCCCCCCC)OCCCCCCCCCCCCCCCCCC)C(=O)N(c4ccc(OC)cc4)[C@H](C(C)C)C(=O)N3c3ccc(OC)cc3)cc2)C(=O)N(c2ccc(OC)cc2)[C@H](C(C)C)C(=O)N1c1ccc(OC)cc1)OCCCCCCCCCCCCCCCCCC. The molecule has 0 aromatic heterocycles. The number of amides is 4. The molecule has 0 radical (unpaired) electrons. The van der Waals surface area contributed by atoms with E-state index in [0.29, 0.717) is 72.2 Å². The van der Waals surface area contributed by atoms with Gasteiger partial charge < -0.3 is 37.9 Å². The smallest absolute Gasteiger partial charge is 0.254 e. The van der Waals surface area contributed by atoms with E-state index in [9.17, 15) is 0 Å². The van der Waals surface area contributed by atoms with Crippen LogP contribution in [0.5, 0.6) is 23.0 Å².